The van der Waals surface area contributed by atoms with E-state index in [0.29, 0.717) is 22.4 Å². The Morgan fingerprint density at radius 2 is 1.96 bits per heavy atom. The van der Waals surface area contributed by atoms with Gasteiger partial charge in [-0.25, -0.2) is 4.68 Å². The second kappa shape index (κ2) is 7.24. The number of allylic oxidation sites excluding steroid dienone is 1. The normalized spacial score (nSPS) is 16.0. The molecular weight excluding hydrogens is 360 g/mol. The fourth-order valence-electron chi connectivity index (χ4n) is 3.09. The van der Waals surface area contributed by atoms with Gasteiger partial charge in [0.2, 0.25) is 17.0 Å². The standard InChI is InChI=1S/C19H18N6OS/c1-12-15(17(20)26)16(14-7-9-21-10-8-14)25-18(22-12)23-19(24-25)27-11-13-5-3-2-4-6-13/h2-10,16H,11H2,1H3,(H2,20,26)(H,22,23,24)/t16-/m1/s1. The quantitative estimate of drug-likeness (QED) is 0.663. The fraction of sp³-hybridized carbons (Fsp3) is 0.158. The largest absolute Gasteiger partial charge is 0.366 e. The topological polar surface area (TPSA) is 98.7 Å². The monoisotopic (exact) mass is 378 g/mol. The molecule has 0 bridgehead atoms. The van der Waals surface area contributed by atoms with Crippen molar-refractivity contribution in [2.24, 2.45) is 5.73 Å². The lowest BCUT2D eigenvalue weighted by molar-refractivity contribution is -0.115. The van der Waals surface area contributed by atoms with Gasteiger partial charge in [0.15, 0.2) is 0 Å². The number of carbonyl (C=O) groups excluding carboxylic acids is 1. The highest BCUT2D eigenvalue weighted by atomic mass is 32.2. The first-order valence-electron chi connectivity index (χ1n) is 8.44. The first-order chi connectivity index (χ1) is 13.1. The minimum absolute atomic E-state index is 0.430. The summed E-state index contributed by atoms with van der Waals surface area (Å²) in [7, 11) is 0. The summed E-state index contributed by atoms with van der Waals surface area (Å²) in [5.74, 6) is 0.871. The van der Waals surface area contributed by atoms with E-state index in [1.807, 2.05) is 37.3 Å². The summed E-state index contributed by atoms with van der Waals surface area (Å²) in [6, 6.07) is 13.4. The smallest absolute Gasteiger partial charge is 0.248 e. The zero-order valence-corrected chi connectivity index (χ0v) is 15.5. The average Bonchev–Trinajstić information content (AvgIpc) is 3.09. The van der Waals surface area contributed by atoms with E-state index in [4.69, 9.17) is 5.73 Å². The Labute approximate surface area is 160 Å². The van der Waals surface area contributed by atoms with Crippen molar-refractivity contribution in [1.29, 1.82) is 0 Å². The molecule has 1 aliphatic rings. The number of benzene rings is 1. The van der Waals surface area contributed by atoms with Crippen LogP contribution in [-0.2, 0) is 10.5 Å². The van der Waals surface area contributed by atoms with Crippen LogP contribution in [0.4, 0.5) is 5.95 Å². The highest BCUT2D eigenvalue weighted by molar-refractivity contribution is 7.98. The number of carbonyl (C=O) groups is 1. The molecule has 1 atom stereocenters. The molecule has 1 aliphatic heterocycles. The van der Waals surface area contributed by atoms with Crippen LogP contribution in [0.15, 0.2) is 71.3 Å². The van der Waals surface area contributed by atoms with Gasteiger partial charge < -0.3 is 11.1 Å². The number of primary amides is 1. The Balaban J connectivity index is 1.69. The Morgan fingerprint density at radius 3 is 2.67 bits per heavy atom. The van der Waals surface area contributed by atoms with E-state index < -0.39 is 11.9 Å². The lowest BCUT2D eigenvalue weighted by Gasteiger charge is -2.27. The highest BCUT2D eigenvalue weighted by Crippen LogP contribution is 2.35. The minimum atomic E-state index is -0.485. The highest BCUT2D eigenvalue weighted by Gasteiger charge is 2.33. The number of thioether (sulfide) groups is 1. The average molecular weight is 378 g/mol. The molecule has 1 amide bonds. The third-order valence-electron chi connectivity index (χ3n) is 4.33. The second-order valence-electron chi connectivity index (χ2n) is 6.15. The van der Waals surface area contributed by atoms with Gasteiger partial charge in [-0.3, -0.25) is 9.78 Å². The van der Waals surface area contributed by atoms with Crippen molar-refractivity contribution in [3.05, 3.63) is 77.3 Å². The van der Waals surface area contributed by atoms with Gasteiger partial charge >= 0.3 is 0 Å². The Kier molecular flexibility index (Phi) is 4.64. The molecule has 136 valence electrons. The van der Waals surface area contributed by atoms with Crippen molar-refractivity contribution in [3.63, 3.8) is 0 Å². The predicted octanol–water partition coefficient (Wildman–Crippen LogP) is 2.74. The number of hydrogen-bond acceptors (Lipinski definition) is 6. The van der Waals surface area contributed by atoms with Crippen LogP contribution in [-0.4, -0.2) is 25.7 Å². The summed E-state index contributed by atoms with van der Waals surface area (Å²) >= 11 is 1.55. The molecule has 4 rings (SSSR count). The molecule has 0 unspecified atom stereocenters. The maximum Gasteiger partial charge on any atom is 0.248 e. The van der Waals surface area contributed by atoms with Gasteiger partial charge in [0.25, 0.3) is 0 Å². The number of amides is 1. The number of hydrogen-bond donors (Lipinski definition) is 2. The van der Waals surface area contributed by atoms with E-state index in [1.54, 1.807) is 28.8 Å². The second-order valence-corrected chi connectivity index (χ2v) is 7.09. The number of fused-ring (bicyclic) bond motifs is 1. The molecule has 1 aromatic carbocycles. The number of nitrogens with one attached hydrogen (secondary N) is 1. The number of pyridine rings is 1. The lowest BCUT2D eigenvalue weighted by atomic mass is 9.96. The lowest BCUT2D eigenvalue weighted by Crippen LogP contribution is -2.31. The number of nitrogens with two attached hydrogens (primary N) is 1. The predicted molar refractivity (Wildman–Crippen MR) is 104 cm³/mol. The first kappa shape index (κ1) is 17.3. The molecule has 0 radical (unpaired) electrons. The molecular formula is C19H18N6OS. The number of rotatable bonds is 5. The van der Waals surface area contributed by atoms with Crippen LogP contribution in [0.5, 0.6) is 0 Å². The van der Waals surface area contributed by atoms with E-state index in [1.165, 1.54) is 5.56 Å². The molecule has 2 aromatic heterocycles. The summed E-state index contributed by atoms with van der Waals surface area (Å²) in [6.07, 6.45) is 3.37. The molecule has 7 nitrogen and oxygen atoms in total. The summed E-state index contributed by atoms with van der Waals surface area (Å²) in [5.41, 5.74) is 8.89. The zero-order valence-electron chi connectivity index (χ0n) is 14.7. The zero-order chi connectivity index (χ0) is 18.8. The van der Waals surface area contributed by atoms with Crippen LogP contribution >= 0.6 is 11.8 Å². The van der Waals surface area contributed by atoms with Crippen LogP contribution < -0.4 is 11.1 Å². The number of aromatic nitrogens is 4. The molecule has 0 spiro atoms. The molecule has 0 saturated carbocycles. The van der Waals surface area contributed by atoms with Crippen LogP contribution in [0.3, 0.4) is 0 Å². The van der Waals surface area contributed by atoms with Gasteiger partial charge in [0, 0.05) is 23.8 Å². The van der Waals surface area contributed by atoms with Gasteiger partial charge in [0.1, 0.15) is 6.04 Å². The van der Waals surface area contributed by atoms with Gasteiger partial charge in [-0.15, -0.1) is 5.10 Å². The minimum Gasteiger partial charge on any atom is -0.366 e. The number of anilines is 1. The van der Waals surface area contributed by atoms with Crippen molar-refractivity contribution in [2.75, 3.05) is 5.32 Å². The number of nitrogens with zero attached hydrogens (tertiary/aromatic N) is 4. The van der Waals surface area contributed by atoms with Crippen LogP contribution in [0.2, 0.25) is 0 Å². The van der Waals surface area contributed by atoms with E-state index >= 15 is 0 Å². The molecule has 0 saturated heterocycles. The van der Waals surface area contributed by atoms with Crippen molar-refractivity contribution < 1.29 is 4.79 Å². The Bertz CT molecular complexity index is 1000. The van der Waals surface area contributed by atoms with Crippen molar-refractivity contribution in [3.8, 4) is 0 Å². The van der Waals surface area contributed by atoms with E-state index in [0.717, 1.165) is 11.3 Å². The van der Waals surface area contributed by atoms with Crippen molar-refractivity contribution in [2.45, 2.75) is 23.9 Å². The van der Waals surface area contributed by atoms with Crippen LogP contribution in [0.1, 0.15) is 24.1 Å². The summed E-state index contributed by atoms with van der Waals surface area (Å²) in [5, 5.41) is 8.42. The van der Waals surface area contributed by atoms with Gasteiger partial charge in [-0.1, -0.05) is 42.1 Å². The van der Waals surface area contributed by atoms with Crippen LogP contribution in [0, 0.1) is 0 Å². The van der Waals surface area contributed by atoms with E-state index in [9.17, 15) is 4.79 Å². The molecule has 3 heterocycles. The molecule has 3 aromatic rings. The molecule has 3 N–H and O–H groups in total. The third kappa shape index (κ3) is 3.43. The molecule has 0 fully saturated rings. The SMILES string of the molecule is CC1=C(C(N)=O)[C@@H](c2ccncc2)n2nc(SCc3ccccc3)nc2N1. The maximum atomic E-state index is 12.1. The van der Waals surface area contributed by atoms with Gasteiger partial charge in [-0.2, -0.15) is 4.98 Å². The summed E-state index contributed by atoms with van der Waals surface area (Å²) < 4.78 is 1.72. The summed E-state index contributed by atoms with van der Waals surface area (Å²) in [6.45, 7) is 1.82. The first-order valence-corrected chi connectivity index (χ1v) is 9.43. The molecule has 8 heteroatoms. The Hall–Kier alpha value is -3.13. The maximum absolute atomic E-state index is 12.1. The third-order valence-corrected chi connectivity index (χ3v) is 5.24. The van der Waals surface area contributed by atoms with E-state index in [2.05, 4.69) is 32.5 Å². The Morgan fingerprint density at radius 1 is 1.22 bits per heavy atom. The van der Waals surface area contributed by atoms with Gasteiger partial charge in [0.05, 0.1) is 5.57 Å². The van der Waals surface area contributed by atoms with Crippen molar-refractivity contribution in [1.82, 2.24) is 19.7 Å². The summed E-state index contributed by atoms with van der Waals surface area (Å²) in [4.78, 5) is 20.8. The van der Waals surface area contributed by atoms with Gasteiger partial charge in [-0.05, 0) is 30.2 Å². The molecule has 0 aliphatic carbocycles. The van der Waals surface area contributed by atoms with E-state index in [-0.39, 0.29) is 0 Å². The van der Waals surface area contributed by atoms with Crippen molar-refractivity contribution >= 4 is 23.6 Å². The molecule has 27 heavy (non-hydrogen) atoms. The fourth-order valence-corrected chi connectivity index (χ4v) is 3.87. The van der Waals surface area contributed by atoms with Crippen LogP contribution in [0.25, 0.3) is 0 Å².